The summed E-state index contributed by atoms with van der Waals surface area (Å²) in [6, 6.07) is 26.2. The Morgan fingerprint density at radius 2 is 1.68 bits per heavy atom. The summed E-state index contributed by atoms with van der Waals surface area (Å²) < 4.78 is 1.86. The van der Waals surface area contributed by atoms with Gasteiger partial charge in [0.2, 0.25) is 0 Å². The first kappa shape index (κ1) is 23.7. The van der Waals surface area contributed by atoms with Crippen LogP contribution in [0.2, 0.25) is 0 Å². The van der Waals surface area contributed by atoms with Crippen LogP contribution in [0.25, 0.3) is 16.9 Å². The van der Waals surface area contributed by atoms with Crippen LogP contribution in [0.4, 0.5) is 17.2 Å². The van der Waals surface area contributed by atoms with E-state index < -0.39 is 0 Å². The van der Waals surface area contributed by atoms with Gasteiger partial charge < -0.3 is 16.0 Å². The quantitative estimate of drug-likeness (QED) is 0.217. The molecule has 5 rings (SSSR count). The van der Waals surface area contributed by atoms with Gasteiger partial charge in [-0.05, 0) is 55.3 Å². The SMILES string of the molecule is C#Cc1cccc(NC(=C)Nc2cccc(CNc3cc(-c4ccccc4C)nc4c(C)cnn34)c2)c1. The summed E-state index contributed by atoms with van der Waals surface area (Å²) in [6.07, 6.45) is 7.35. The third kappa shape index (κ3) is 5.31. The number of nitrogens with one attached hydrogen (secondary N) is 3. The van der Waals surface area contributed by atoms with Gasteiger partial charge in [-0.2, -0.15) is 9.61 Å². The van der Waals surface area contributed by atoms with E-state index in [1.165, 1.54) is 5.56 Å². The zero-order chi connectivity index (χ0) is 25.8. The van der Waals surface area contributed by atoms with E-state index in [0.29, 0.717) is 12.4 Å². The number of rotatable bonds is 8. The molecule has 37 heavy (non-hydrogen) atoms. The first-order valence-electron chi connectivity index (χ1n) is 12.0. The Kier molecular flexibility index (Phi) is 6.60. The highest BCUT2D eigenvalue weighted by Crippen LogP contribution is 2.26. The monoisotopic (exact) mass is 484 g/mol. The third-order valence-corrected chi connectivity index (χ3v) is 6.09. The zero-order valence-electron chi connectivity index (χ0n) is 20.9. The molecular formula is C31H28N6. The van der Waals surface area contributed by atoms with E-state index in [4.69, 9.17) is 11.4 Å². The lowest BCUT2D eigenvalue weighted by atomic mass is 10.1. The van der Waals surface area contributed by atoms with Gasteiger partial charge in [-0.25, -0.2) is 4.98 Å². The van der Waals surface area contributed by atoms with Crippen molar-refractivity contribution in [1.29, 1.82) is 0 Å². The summed E-state index contributed by atoms with van der Waals surface area (Å²) in [5.41, 5.74) is 8.82. The molecule has 0 radical (unpaired) electrons. The lowest BCUT2D eigenvalue weighted by molar-refractivity contribution is 0.926. The molecule has 0 bridgehead atoms. The van der Waals surface area contributed by atoms with E-state index in [0.717, 1.165) is 50.8 Å². The topological polar surface area (TPSA) is 66.3 Å². The Morgan fingerprint density at radius 1 is 0.919 bits per heavy atom. The van der Waals surface area contributed by atoms with E-state index in [2.05, 4.69) is 70.8 Å². The van der Waals surface area contributed by atoms with Crippen LogP contribution in [0.3, 0.4) is 0 Å². The number of aryl methyl sites for hydroxylation is 2. The summed E-state index contributed by atoms with van der Waals surface area (Å²) >= 11 is 0. The van der Waals surface area contributed by atoms with Crippen molar-refractivity contribution in [2.75, 3.05) is 16.0 Å². The standard InChI is InChI=1S/C31H28N6/c1-5-24-11-8-13-26(16-24)34-23(4)35-27-14-9-12-25(17-27)20-32-30-18-29(28-15-7-6-10-21(28)2)36-31-22(3)19-33-37(30)31/h1,6-19,32,34-35H,4,20H2,2-3H3. The van der Waals surface area contributed by atoms with Crippen LogP contribution in [-0.2, 0) is 6.54 Å². The van der Waals surface area contributed by atoms with E-state index in [-0.39, 0.29) is 0 Å². The molecule has 0 aliphatic heterocycles. The van der Waals surface area contributed by atoms with Gasteiger partial charge in [-0.1, -0.05) is 55.0 Å². The van der Waals surface area contributed by atoms with Crippen molar-refractivity contribution in [3.05, 3.63) is 120 Å². The summed E-state index contributed by atoms with van der Waals surface area (Å²) in [6.45, 7) is 8.84. The minimum atomic E-state index is 0.616. The van der Waals surface area contributed by atoms with Crippen molar-refractivity contribution >= 4 is 22.8 Å². The fourth-order valence-corrected chi connectivity index (χ4v) is 4.21. The van der Waals surface area contributed by atoms with Crippen molar-refractivity contribution in [3.63, 3.8) is 0 Å². The summed E-state index contributed by atoms with van der Waals surface area (Å²) in [5, 5.41) is 14.7. The molecular weight excluding hydrogens is 456 g/mol. The molecule has 6 heteroatoms. The van der Waals surface area contributed by atoms with Crippen molar-refractivity contribution in [2.45, 2.75) is 20.4 Å². The Morgan fingerprint density at radius 3 is 2.46 bits per heavy atom. The smallest absolute Gasteiger partial charge is 0.160 e. The highest BCUT2D eigenvalue weighted by atomic mass is 15.3. The van der Waals surface area contributed by atoms with Gasteiger partial charge >= 0.3 is 0 Å². The average molecular weight is 485 g/mol. The number of hydrogen-bond acceptors (Lipinski definition) is 5. The number of aromatic nitrogens is 3. The highest BCUT2D eigenvalue weighted by Gasteiger charge is 2.12. The second-order valence-electron chi connectivity index (χ2n) is 8.91. The lowest BCUT2D eigenvalue weighted by Gasteiger charge is -2.15. The van der Waals surface area contributed by atoms with E-state index >= 15 is 0 Å². The lowest BCUT2D eigenvalue weighted by Crippen LogP contribution is -2.09. The third-order valence-electron chi connectivity index (χ3n) is 6.09. The average Bonchev–Trinajstić information content (AvgIpc) is 3.28. The van der Waals surface area contributed by atoms with Gasteiger partial charge in [0.05, 0.1) is 11.9 Å². The minimum Gasteiger partial charge on any atom is -0.366 e. The number of hydrogen-bond donors (Lipinski definition) is 3. The highest BCUT2D eigenvalue weighted by molar-refractivity contribution is 5.70. The number of anilines is 3. The predicted molar refractivity (Wildman–Crippen MR) is 152 cm³/mol. The molecule has 0 unspecified atom stereocenters. The molecule has 0 amide bonds. The molecule has 0 aliphatic carbocycles. The molecule has 2 aromatic heterocycles. The second kappa shape index (κ2) is 10.3. The largest absolute Gasteiger partial charge is 0.366 e. The normalized spacial score (nSPS) is 10.6. The van der Waals surface area contributed by atoms with E-state index in [9.17, 15) is 0 Å². The molecule has 3 aromatic carbocycles. The van der Waals surface area contributed by atoms with Gasteiger partial charge in [-0.15, -0.1) is 6.42 Å². The first-order chi connectivity index (χ1) is 18.0. The van der Waals surface area contributed by atoms with Gasteiger partial charge in [0, 0.05) is 40.7 Å². The molecule has 0 aliphatic rings. The number of nitrogens with zero attached hydrogens (tertiary/aromatic N) is 3. The van der Waals surface area contributed by atoms with Crippen LogP contribution in [0, 0.1) is 26.2 Å². The van der Waals surface area contributed by atoms with Gasteiger partial charge in [0.1, 0.15) is 11.6 Å². The second-order valence-corrected chi connectivity index (χ2v) is 8.91. The molecule has 2 heterocycles. The molecule has 0 fully saturated rings. The fraction of sp³-hybridized carbons (Fsp3) is 0.0968. The van der Waals surface area contributed by atoms with Gasteiger partial charge in [0.15, 0.2) is 5.65 Å². The maximum absolute atomic E-state index is 5.51. The number of terminal acetylenes is 1. The molecule has 0 spiro atoms. The van der Waals surface area contributed by atoms with E-state index in [1.807, 2.05) is 66.2 Å². The first-order valence-corrected chi connectivity index (χ1v) is 12.0. The van der Waals surface area contributed by atoms with Gasteiger partial charge in [-0.3, -0.25) is 0 Å². The van der Waals surface area contributed by atoms with Crippen molar-refractivity contribution in [3.8, 4) is 23.6 Å². The van der Waals surface area contributed by atoms with Crippen LogP contribution in [0.15, 0.2) is 97.5 Å². The molecule has 5 aromatic rings. The van der Waals surface area contributed by atoms with Crippen molar-refractivity contribution < 1.29 is 0 Å². The maximum atomic E-state index is 5.51. The predicted octanol–water partition coefficient (Wildman–Crippen LogP) is 6.60. The Bertz CT molecular complexity index is 1640. The van der Waals surface area contributed by atoms with Crippen LogP contribution in [0.5, 0.6) is 0 Å². The van der Waals surface area contributed by atoms with Crippen molar-refractivity contribution in [2.24, 2.45) is 0 Å². The fourth-order valence-electron chi connectivity index (χ4n) is 4.21. The van der Waals surface area contributed by atoms with Crippen LogP contribution >= 0.6 is 0 Å². The zero-order valence-corrected chi connectivity index (χ0v) is 20.9. The minimum absolute atomic E-state index is 0.616. The molecule has 3 N–H and O–H groups in total. The summed E-state index contributed by atoms with van der Waals surface area (Å²) in [7, 11) is 0. The van der Waals surface area contributed by atoms with Gasteiger partial charge in [0.25, 0.3) is 0 Å². The Balaban J connectivity index is 1.33. The van der Waals surface area contributed by atoms with E-state index in [1.54, 1.807) is 0 Å². The molecule has 0 saturated carbocycles. The van der Waals surface area contributed by atoms with Crippen LogP contribution in [-0.4, -0.2) is 14.6 Å². The molecule has 6 nitrogen and oxygen atoms in total. The Labute approximate surface area is 217 Å². The Hall–Kier alpha value is -5.02. The van der Waals surface area contributed by atoms with Crippen LogP contribution < -0.4 is 16.0 Å². The summed E-state index contributed by atoms with van der Waals surface area (Å²) in [5.74, 6) is 4.19. The van der Waals surface area contributed by atoms with Crippen molar-refractivity contribution in [1.82, 2.24) is 14.6 Å². The summed E-state index contributed by atoms with van der Waals surface area (Å²) in [4.78, 5) is 4.90. The maximum Gasteiger partial charge on any atom is 0.160 e. The molecule has 0 saturated heterocycles. The number of fused-ring (bicyclic) bond motifs is 1. The molecule has 182 valence electrons. The number of benzene rings is 3. The van der Waals surface area contributed by atoms with Crippen LogP contribution in [0.1, 0.15) is 22.3 Å². The molecule has 0 atom stereocenters.